The zero-order valence-electron chi connectivity index (χ0n) is 16.0. The van der Waals surface area contributed by atoms with E-state index in [2.05, 4.69) is 20.3 Å². The molecule has 4 rings (SSSR count). The minimum atomic E-state index is -0.495. The minimum Gasteiger partial charge on any atom is -0.444 e. The van der Waals surface area contributed by atoms with E-state index in [9.17, 15) is 4.79 Å². The number of hydrogen-bond acceptors (Lipinski definition) is 6. The van der Waals surface area contributed by atoms with E-state index in [4.69, 9.17) is 16.3 Å². The number of alkyl carbamates (subject to hydrolysis) is 1. The first kappa shape index (κ1) is 19.0. The third kappa shape index (κ3) is 4.23. The average Bonchev–Trinajstić information content (AvgIpc) is 3.27. The number of benzene rings is 1. The molecule has 1 aliphatic rings. The van der Waals surface area contributed by atoms with Crippen LogP contribution in [-0.4, -0.2) is 45.4 Å². The number of imidazole rings is 1. The molecule has 1 aromatic carbocycles. The van der Waals surface area contributed by atoms with Crippen molar-refractivity contribution < 1.29 is 9.53 Å². The Bertz CT molecular complexity index is 961. The van der Waals surface area contributed by atoms with Crippen molar-refractivity contribution in [1.82, 2.24) is 19.9 Å². The van der Waals surface area contributed by atoms with E-state index in [0.717, 1.165) is 34.3 Å². The predicted octanol–water partition coefficient (Wildman–Crippen LogP) is 4.21. The number of rotatable bonds is 3. The third-order valence-corrected chi connectivity index (χ3v) is 5.59. The van der Waals surface area contributed by atoms with Gasteiger partial charge in [0.2, 0.25) is 10.1 Å². The van der Waals surface area contributed by atoms with Crippen LogP contribution >= 0.6 is 22.9 Å². The Labute approximate surface area is 172 Å². The van der Waals surface area contributed by atoms with E-state index in [1.165, 1.54) is 0 Å². The fraction of sp³-hybridized carbons (Fsp3) is 0.421. The van der Waals surface area contributed by atoms with Crippen molar-refractivity contribution in [3.05, 3.63) is 35.5 Å². The lowest BCUT2D eigenvalue weighted by Gasteiger charge is -2.21. The quantitative estimate of drug-likeness (QED) is 0.688. The number of halogens is 1. The summed E-state index contributed by atoms with van der Waals surface area (Å²) in [7, 11) is 0. The van der Waals surface area contributed by atoms with Gasteiger partial charge in [-0.25, -0.2) is 14.3 Å². The summed E-state index contributed by atoms with van der Waals surface area (Å²) in [6.45, 7) is 7.12. The van der Waals surface area contributed by atoms with Gasteiger partial charge in [0.15, 0.2) is 0 Å². The monoisotopic (exact) mass is 419 g/mol. The molecule has 0 unspecified atom stereocenters. The number of anilines is 1. The van der Waals surface area contributed by atoms with Crippen LogP contribution in [0.2, 0.25) is 5.02 Å². The second kappa shape index (κ2) is 7.25. The number of aromatic nitrogens is 3. The molecule has 0 bridgehead atoms. The van der Waals surface area contributed by atoms with Gasteiger partial charge in [-0.2, -0.15) is 0 Å². The smallest absolute Gasteiger partial charge is 0.407 e. The maximum atomic E-state index is 12.0. The Morgan fingerprint density at radius 3 is 2.75 bits per heavy atom. The van der Waals surface area contributed by atoms with Gasteiger partial charge in [0.05, 0.1) is 17.9 Å². The molecule has 1 N–H and O–H groups in total. The van der Waals surface area contributed by atoms with Crippen molar-refractivity contribution in [2.24, 2.45) is 0 Å². The maximum Gasteiger partial charge on any atom is 0.407 e. The third-order valence-electron chi connectivity index (χ3n) is 4.35. The van der Waals surface area contributed by atoms with E-state index in [1.54, 1.807) is 15.9 Å². The van der Waals surface area contributed by atoms with Gasteiger partial charge in [0.1, 0.15) is 5.60 Å². The number of carbonyl (C=O) groups excluding carboxylic acids is 1. The Kier molecular flexibility index (Phi) is 4.93. The molecule has 1 amide bonds. The van der Waals surface area contributed by atoms with Crippen molar-refractivity contribution in [3.63, 3.8) is 0 Å². The topological polar surface area (TPSA) is 71.8 Å². The summed E-state index contributed by atoms with van der Waals surface area (Å²) in [5.41, 5.74) is 1.38. The summed E-state index contributed by atoms with van der Waals surface area (Å²) in [6, 6.07) is 7.65. The summed E-state index contributed by atoms with van der Waals surface area (Å²) in [5.74, 6) is 0. The second-order valence-electron chi connectivity index (χ2n) is 7.82. The fourth-order valence-electron chi connectivity index (χ4n) is 3.10. The molecule has 148 valence electrons. The average molecular weight is 420 g/mol. The number of fused-ring (bicyclic) bond motifs is 1. The summed E-state index contributed by atoms with van der Waals surface area (Å²) in [6.07, 6.45) is 2.41. The molecule has 1 saturated heterocycles. The predicted molar refractivity (Wildman–Crippen MR) is 111 cm³/mol. The van der Waals surface area contributed by atoms with Crippen molar-refractivity contribution in [3.8, 4) is 11.3 Å². The van der Waals surface area contributed by atoms with Crippen molar-refractivity contribution in [1.29, 1.82) is 0 Å². The number of hydrogen-bond donors (Lipinski definition) is 1. The maximum absolute atomic E-state index is 12.0. The Balaban J connectivity index is 1.42. The van der Waals surface area contributed by atoms with Gasteiger partial charge in [-0.05, 0) is 39.3 Å². The van der Waals surface area contributed by atoms with Crippen LogP contribution in [0.25, 0.3) is 16.2 Å². The van der Waals surface area contributed by atoms with Crippen LogP contribution in [0.4, 0.5) is 9.93 Å². The van der Waals surface area contributed by atoms with Crippen molar-refractivity contribution >= 4 is 39.1 Å². The molecule has 9 heteroatoms. The Morgan fingerprint density at radius 2 is 2.07 bits per heavy atom. The first-order chi connectivity index (χ1) is 13.3. The van der Waals surface area contributed by atoms with Crippen LogP contribution in [0.5, 0.6) is 0 Å². The first-order valence-electron chi connectivity index (χ1n) is 9.13. The Hall–Kier alpha value is -2.32. The summed E-state index contributed by atoms with van der Waals surface area (Å²) in [4.78, 5) is 19.6. The number of amides is 1. The number of nitrogens with one attached hydrogen (secondary N) is 1. The zero-order valence-corrected chi connectivity index (χ0v) is 17.5. The van der Waals surface area contributed by atoms with Crippen LogP contribution in [0.15, 0.2) is 30.5 Å². The highest BCUT2D eigenvalue weighted by atomic mass is 35.5. The van der Waals surface area contributed by atoms with Crippen LogP contribution < -0.4 is 10.2 Å². The van der Waals surface area contributed by atoms with Gasteiger partial charge in [-0.1, -0.05) is 35.1 Å². The van der Waals surface area contributed by atoms with Gasteiger partial charge < -0.3 is 15.0 Å². The highest BCUT2D eigenvalue weighted by Crippen LogP contribution is 2.29. The van der Waals surface area contributed by atoms with E-state index in [-0.39, 0.29) is 12.1 Å². The van der Waals surface area contributed by atoms with Crippen LogP contribution in [0, 0.1) is 0 Å². The lowest BCUT2D eigenvalue weighted by molar-refractivity contribution is 0.0509. The molecule has 0 saturated carbocycles. The fourth-order valence-corrected chi connectivity index (χ4v) is 4.15. The molecular weight excluding hydrogens is 398 g/mol. The number of carbonyl (C=O) groups is 1. The van der Waals surface area contributed by atoms with Gasteiger partial charge in [0.25, 0.3) is 0 Å². The van der Waals surface area contributed by atoms with Gasteiger partial charge in [-0.3, -0.25) is 0 Å². The lowest BCUT2D eigenvalue weighted by atomic mass is 10.2. The first-order valence-corrected chi connectivity index (χ1v) is 10.3. The van der Waals surface area contributed by atoms with Gasteiger partial charge in [-0.15, -0.1) is 5.10 Å². The van der Waals surface area contributed by atoms with Crippen molar-refractivity contribution in [2.45, 2.75) is 38.8 Å². The number of nitrogens with zero attached hydrogens (tertiary/aromatic N) is 4. The summed E-state index contributed by atoms with van der Waals surface area (Å²) < 4.78 is 7.14. The molecule has 2 aromatic heterocycles. The van der Waals surface area contributed by atoms with E-state index < -0.39 is 5.60 Å². The normalized spacial score (nSPS) is 17.3. The molecule has 0 aliphatic carbocycles. The molecule has 1 aliphatic heterocycles. The van der Waals surface area contributed by atoms with Gasteiger partial charge in [0, 0.05) is 23.7 Å². The van der Waals surface area contributed by atoms with Crippen LogP contribution in [-0.2, 0) is 4.74 Å². The molecule has 0 spiro atoms. The summed E-state index contributed by atoms with van der Waals surface area (Å²) in [5, 5.41) is 9.20. The largest absolute Gasteiger partial charge is 0.444 e. The molecule has 7 nitrogen and oxygen atoms in total. The molecule has 1 fully saturated rings. The van der Waals surface area contributed by atoms with Crippen molar-refractivity contribution in [2.75, 3.05) is 18.0 Å². The molecule has 28 heavy (non-hydrogen) atoms. The SMILES string of the molecule is CC(C)(C)OC(=O)N[C@@H]1CCN(c2nn3cc(-c4ccc(Cl)cc4)nc3s2)C1. The van der Waals surface area contributed by atoms with Gasteiger partial charge >= 0.3 is 6.09 Å². The minimum absolute atomic E-state index is 0.0516. The molecule has 3 aromatic rings. The standard InChI is InChI=1S/C19H22ClN5O2S/c1-19(2,3)27-18(26)21-14-8-9-24(10-14)17-23-25-11-15(22-16(25)28-17)12-4-6-13(20)7-5-12/h4-7,11,14H,8-10H2,1-3H3,(H,21,26)/t14-/m1/s1. The summed E-state index contributed by atoms with van der Waals surface area (Å²) >= 11 is 7.49. The van der Waals surface area contributed by atoms with E-state index in [0.29, 0.717) is 11.6 Å². The zero-order chi connectivity index (χ0) is 19.9. The van der Waals surface area contributed by atoms with E-state index >= 15 is 0 Å². The molecule has 0 radical (unpaired) electrons. The highest BCUT2D eigenvalue weighted by Gasteiger charge is 2.28. The lowest BCUT2D eigenvalue weighted by Crippen LogP contribution is -2.40. The molecular formula is C19H22ClN5O2S. The number of ether oxygens (including phenoxy) is 1. The molecule has 1 atom stereocenters. The molecule has 3 heterocycles. The Morgan fingerprint density at radius 1 is 1.32 bits per heavy atom. The highest BCUT2D eigenvalue weighted by molar-refractivity contribution is 7.20. The van der Waals surface area contributed by atoms with Crippen LogP contribution in [0.1, 0.15) is 27.2 Å². The second-order valence-corrected chi connectivity index (χ2v) is 9.19. The van der Waals surface area contributed by atoms with E-state index in [1.807, 2.05) is 51.2 Å². The van der Waals surface area contributed by atoms with Crippen LogP contribution in [0.3, 0.4) is 0 Å².